The highest BCUT2D eigenvalue weighted by Gasteiger charge is 2.23. The minimum atomic E-state index is -1.12. The number of imidazole rings is 1. The lowest BCUT2D eigenvalue weighted by Gasteiger charge is -2.19. The minimum Gasteiger partial charge on any atom is -0.478 e. The van der Waals surface area contributed by atoms with Gasteiger partial charge in [0.15, 0.2) is 0 Å². The number of amides is 1. The fourth-order valence-corrected chi connectivity index (χ4v) is 3.60. The second-order valence-electron chi connectivity index (χ2n) is 14.5. The van der Waals surface area contributed by atoms with Crippen molar-refractivity contribution in [1.29, 1.82) is 0 Å². The van der Waals surface area contributed by atoms with Crippen molar-refractivity contribution in [3.8, 4) is 0 Å². The number of nitrogen functional groups attached to an aromatic ring is 3. The Bertz CT molecular complexity index is 1950. The Kier molecular flexibility index (Phi) is 25.3. The Morgan fingerprint density at radius 3 is 1.61 bits per heavy atom. The Balaban J connectivity index is -0.000000682. The van der Waals surface area contributed by atoms with E-state index in [4.69, 9.17) is 39.0 Å². The zero-order valence-electron chi connectivity index (χ0n) is 32.6. The van der Waals surface area contributed by atoms with Crippen LogP contribution in [0.5, 0.6) is 0 Å². The van der Waals surface area contributed by atoms with Gasteiger partial charge in [0.05, 0.1) is 54.5 Å². The maximum atomic E-state index is 11.8. The van der Waals surface area contributed by atoms with Crippen molar-refractivity contribution in [3.63, 3.8) is 0 Å². The summed E-state index contributed by atoms with van der Waals surface area (Å²) in [6.07, 6.45) is 0. The topological polar surface area (TPSA) is 254 Å². The molecule has 1 aromatic heterocycles. The van der Waals surface area contributed by atoms with Crippen LogP contribution in [0.4, 0.5) is 22.7 Å². The molecular weight excluding hydrogens is 982 g/mol. The predicted molar refractivity (Wildman–Crippen MR) is 251 cm³/mol. The number of aromatic nitrogens is 2. The van der Waals surface area contributed by atoms with Gasteiger partial charge in [-0.25, -0.2) is 19.4 Å². The molecule has 0 fully saturated rings. The molecule has 3 aromatic carbocycles. The van der Waals surface area contributed by atoms with Crippen LogP contribution in [0.15, 0.2) is 54.6 Å². The molecule has 318 valence electrons. The lowest BCUT2D eigenvalue weighted by Crippen LogP contribution is -2.28. The van der Waals surface area contributed by atoms with Gasteiger partial charge in [-0.05, 0) is 48.0 Å². The van der Waals surface area contributed by atoms with E-state index >= 15 is 0 Å². The highest BCUT2D eigenvalue weighted by atomic mass is 127. The monoisotopic (exact) mass is 1040 g/mol. The number of ether oxygens (including phenoxy) is 1. The molecule has 0 bridgehead atoms. The standard InChI is InChI=1S/C12H16N2O3.C12H14N2O2.C8H10N2O2.C5H9ClO.CH2I2.2CH4/c1-12(2,3)11(17)14-8-6-4-5-7(9(8)13)10(15)16;1-12(2,3)11-13-8-6-4-5-7(10(15)16)9(8)14-11;1-12-8(11)5-3-2-4-6(9)7(5)10;1-5(2,3)4(6)7;2-1-3;;/h4-6H,13H2,1-3H3,(H,14,17)(H,15,16);4-6H,1-3H3,(H,13,14)(H,15,16);2-4H,9-10H2,1H3;1-3H3;1H2;2*1H4. The summed E-state index contributed by atoms with van der Waals surface area (Å²) in [7, 11) is 1.30. The number of para-hydroxylation sites is 3. The first-order chi connectivity index (χ1) is 25.1. The van der Waals surface area contributed by atoms with Gasteiger partial charge in [-0.2, -0.15) is 0 Å². The smallest absolute Gasteiger partial charge is 0.340 e. The molecule has 0 spiro atoms. The van der Waals surface area contributed by atoms with Crippen LogP contribution in [0.1, 0.15) is 114 Å². The third kappa shape index (κ3) is 19.2. The Morgan fingerprint density at radius 2 is 1.19 bits per heavy atom. The van der Waals surface area contributed by atoms with Gasteiger partial charge in [0.2, 0.25) is 11.1 Å². The van der Waals surface area contributed by atoms with E-state index in [0.29, 0.717) is 22.5 Å². The van der Waals surface area contributed by atoms with Crippen molar-refractivity contribution >= 4 is 120 Å². The summed E-state index contributed by atoms with van der Waals surface area (Å²) >= 11 is 9.66. The van der Waals surface area contributed by atoms with Gasteiger partial charge in [0.25, 0.3) is 0 Å². The molecular formula is C40H59ClI2N6O8. The number of esters is 1. The number of H-pyrrole nitrogens is 1. The molecule has 1 heterocycles. The molecule has 14 nitrogen and oxygen atoms in total. The van der Waals surface area contributed by atoms with Crippen molar-refractivity contribution in [1.82, 2.24) is 9.97 Å². The number of carboxylic acid groups (broad SMARTS) is 2. The van der Waals surface area contributed by atoms with Crippen molar-refractivity contribution in [2.75, 3.05) is 32.1 Å². The van der Waals surface area contributed by atoms with Crippen LogP contribution < -0.4 is 22.5 Å². The second-order valence-corrected chi connectivity index (χ2v) is 19.3. The van der Waals surface area contributed by atoms with Gasteiger partial charge in [-0.1, -0.05) is 141 Å². The number of anilines is 4. The summed E-state index contributed by atoms with van der Waals surface area (Å²) in [6, 6.07) is 14.5. The molecule has 57 heavy (non-hydrogen) atoms. The molecule has 17 heteroatoms. The molecule has 0 aliphatic carbocycles. The average Bonchev–Trinajstić information content (AvgIpc) is 3.52. The second kappa shape index (κ2) is 25.2. The van der Waals surface area contributed by atoms with Crippen LogP contribution in [0, 0.1) is 10.8 Å². The number of nitrogens with two attached hydrogens (primary N) is 3. The predicted octanol–water partition coefficient (Wildman–Crippen LogP) is 10.0. The van der Waals surface area contributed by atoms with Crippen LogP contribution in [-0.2, 0) is 19.7 Å². The number of aromatic amines is 1. The largest absolute Gasteiger partial charge is 0.478 e. The molecule has 10 N–H and O–H groups in total. The molecule has 0 saturated carbocycles. The number of nitrogens with one attached hydrogen (secondary N) is 2. The number of alkyl halides is 2. The average molecular weight is 1040 g/mol. The molecule has 0 aliphatic heterocycles. The zero-order valence-corrected chi connectivity index (χ0v) is 37.6. The molecule has 0 radical (unpaired) electrons. The summed E-state index contributed by atoms with van der Waals surface area (Å²) in [6.45, 7) is 16.7. The van der Waals surface area contributed by atoms with E-state index in [9.17, 15) is 24.0 Å². The van der Waals surface area contributed by atoms with E-state index in [2.05, 4.69) is 65.2 Å². The number of rotatable bonds is 4. The summed E-state index contributed by atoms with van der Waals surface area (Å²) in [5.41, 5.74) is 18.5. The number of carbonyl (C=O) groups excluding carboxylic acids is 3. The summed E-state index contributed by atoms with van der Waals surface area (Å²) in [4.78, 5) is 62.4. The molecule has 0 saturated heterocycles. The highest BCUT2D eigenvalue weighted by molar-refractivity contribution is 14.2. The lowest BCUT2D eigenvalue weighted by molar-refractivity contribution is -0.123. The van der Waals surface area contributed by atoms with Crippen LogP contribution >= 0.6 is 56.8 Å². The fourth-order valence-electron chi connectivity index (χ4n) is 3.60. The Labute approximate surface area is 368 Å². The van der Waals surface area contributed by atoms with Crippen LogP contribution in [0.2, 0.25) is 0 Å². The number of nitrogens with zero attached hydrogens (tertiary/aromatic N) is 1. The SMILES string of the molecule is C.C.CC(C)(C)C(=O)Cl.CC(C)(C)C(=O)Nc1cccc(C(=O)O)c1N.CC(C)(C)c1nc2c(C(=O)O)cccc2[nH]1.COC(=O)c1cccc(N)c1N.ICI. The van der Waals surface area contributed by atoms with E-state index in [1.807, 2.05) is 26.8 Å². The van der Waals surface area contributed by atoms with Crippen LogP contribution in [0.25, 0.3) is 11.0 Å². The third-order valence-electron chi connectivity index (χ3n) is 6.85. The normalized spacial score (nSPS) is 10.3. The minimum absolute atomic E-state index is 0. The van der Waals surface area contributed by atoms with Crippen molar-refractivity contribution in [2.24, 2.45) is 10.8 Å². The quantitative estimate of drug-likeness (QED) is 0.0331. The zero-order chi connectivity index (χ0) is 43.1. The number of carbonyl (C=O) groups is 5. The number of fused-ring (bicyclic) bond motifs is 1. The molecule has 0 atom stereocenters. The van der Waals surface area contributed by atoms with Crippen molar-refractivity contribution in [3.05, 3.63) is 77.1 Å². The first kappa shape index (κ1) is 57.2. The van der Waals surface area contributed by atoms with Crippen molar-refractivity contribution < 1.29 is 38.9 Å². The van der Waals surface area contributed by atoms with Gasteiger partial charge in [0.1, 0.15) is 11.3 Å². The van der Waals surface area contributed by atoms with E-state index in [1.54, 1.807) is 77.9 Å². The van der Waals surface area contributed by atoms with E-state index in [1.165, 1.54) is 21.7 Å². The summed E-state index contributed by atoms with van der Waals surface area (Å²) in [5, 5.41) is 20.3. The Hall–Kier alpha value is -4.17. The third-order valence-corrected chi connectivity index (χ3v) is 7.42. The first-order valence-corrected chi connectivity index (χ1v) is 19.8. The number of halogens is 3. The molecule has 1 amide bonds. The van der Waals surface area contributed by atoms with Gasteiger partial charge >= 0.3 is 17.9 Å². The van der Waals surface area contributed by atoms with E-state index < -0.39 is 23.3 Å². The molecule has 4 aromatic rings. The summed E-state index contributed by atoms with van der Waals surface area (Å²) in [5.74, 6) is -1.95. The van der Waals surface area contributed by atoms with Crippen LogP contribution in [0.3, 0.4) is 0 Å². The van der Waals surface area contributed by atoms with Gasteiger partial charge < -0.3 is 42.5 Å². The number of hydrogen-bond donors (Lipinski definition) is 7. The number of carboxylic acids is 2. The molecule has 0 unspecified atom stereocenters. The maximum absolute atomic E-state index is 11.8. The van der Waals surface area contributed by atoms with E-state index in [0.717, 1.165) is 11.3 Å². The van der Waals surface area contributed by atoms with E-state index in [-0.39, 0.29) is 59.3 Å². The van der Waals surface area contributed by atoms with Crippen LogP contribution in [-0.4, -0.2) is 58.8 Å². The van der Waals surface area contributed by atoms with Gasteiger partial charge in [0, 0.05) is 16.2 Å². The van der Waals surface area contributed by atoms with Gasteiger partial charge in [-0.15, -0.1) is 0 Å². The number of aromatic carboxylic acids is 2. The molecule has 4 rings (SSSR count). The fraction of sp³-hybridized carbons (Fsp3) is 0.400. The first-order valence-electron chi connectivity index (χ1n) is 16.3. The molecule has 0 aliphatic rings. The van der Waals surface area contributed by atoms with Gasteiger partial charge in [-0.3, -0.25) is 9.59 Å². The lowest BCUT2D eigenvalue weighted by atomic mass is 9.95. The number of methoxy groups -OCH3 is 1. The van der Waals surface area contributed by atoms with Crippen molar-refractivity contribution in [2.45, 2.75) is 82.6 Å². The maximum Gasteiger partial charge on any atom is 0.340 e. The Morgan fingerprint density at radius 1 is 0.754 bits per heavy atom. The highest BCUT2D eigenvalue weighted by Crippen LogP contribution is 2.26. The number of benzene rings is 3. The summed E-state index contributed by atoms with van der Waals surface area (Å²) < 4.78 is 5.69. The number of hydrogen-bond acceptors (Lipinski definition) is 10.